The first kappa shape index (κ1) is 27.9. The molecule has 0 aromatic carbocycles. The maximum absolute atomic E-state index is 14.2. The van der Waals surface area contributed by atoms with Gasteiger partial charge in [0, 0.05) is 24.2 Å². The summed E-state index contributed by atoms with van der Waals surface area (Å²) in [4.78, 5) is 34.1. The number of alkyl carbamates (subject to hydrolysis) is 1. The standard InChI is InChI=1S/C23H26F5N5O4/c1-21(2,3)32-20(35)36-12-14-7-9-22(24,25)13-33(14)19(34)16-5-4-6-17(30-16)31-18-11-15(8-10-29-18)37-23(26,27)28/h4-6,8,10-11,14H,7,9,12-13H2,1-3H3,(H,32,35)(H,29,30,31)/t14-/m1/s1. The van der Waals surface area contributed by atoms with E-state index < -0.39 is 54.6 Å². The summed E-state index contributed by atoms with van der Waals surface area (Å²) in [7, 11) is 0. The minimum Gasteiger partial charge on any atom is -0.447 e. The van der Waals surface area contributed by atoms with Crippen LogP contribution in [0.1, 0.15) is 44.1 Å². The van der Waals surface area contributed by atoms with Gasteiger partial charge in [0.25, 0.3) is 11.8 Å². The Labute approximate surface area is 209 Å². The molecule has 14 heteroatoms. The summed E-state index contributed by atoms with van der Waals surface area (Å²) >= 11 is 0. The summed E-state index contributed by atoms with van der Waals surface area (Å²) in [5, 5.41) is 5.24. The summed E-state index contributed by atoms with van der Waals surface area (Å²) in [6.45, 7) is 4.04. The van der Waals surface area contributed by atoms with Crippen molar-refractivity contribution in [3.05, 3.63) is 42.2 Å². The molecular formula is C23H26F5N5O4. The Hall–Kier alpha value is -3.71. The van der Waals surface area contributed by atoms with E-state index in [0.29, 0.717) is 0 Å². The van der Waals surface area contributed by atoms with Crippen molar-refractivity contribution < 1.29 is 41.0 Å². The number of piperidine rings is 1. The molecule has 3 heterocycles. The second kappa shape index (κ2) is 10.7. The Balaban J connectivity index is 1.74. The molecule has 0 saturated carbocycles. The van der Waals surface area contributed by atoms with Gasteiger partial charge in [0.15, 0.2) is 0 Å². The highest BCUT2D eigenvalue weighted by atomic mass is 19.4. The van der Waals surface area contributed by atoms with E-state index in [-0.39, 0.29) is 30.4 Å². The lowest BCUT2D eigenvalue weighted by molar-refractivity contribution is -0.274. The average Bonchev–Trinajstić information content (AvgIpc) is 2.75. The van der Waals surface area contributed by atoms with Gasteiger partial charge < -0.3 is 25.0 Å². The Morgan fingerprint density at radius 3 is 2.57 bits per heavy atom. The predicted octanol–water partition coefficient (Wildman–Crippen LogP) is 4.88. The number of carbonyl (C=O) groups is 2. The van der Waals surface area contributed by atoms with E-state index in [2.05, 4.69) is 25.3 Å². The van der Waals surface area contributed by atoms with Crippen LogP contribution in [0, 0.1) is 0 Å². The summed E-state index contributed by atoms with van der Waals surface area (Å²) in [6.07, 6.45) is -5.15. The van der Waals surface area contributed by atoms with Crippen molar-refractivity contribution in [2.75, 3.05) is 18.5 Å². The number of likely N-dealkylation sites (tertiary alicyclic amines) is 1. The Bertz CT molecular complexity index is 1120. The molecule has 0 radical (unpaired) electrons. The van der Waals surface area contributed by atoms with E-state index in [0.717, 1.165) is 23.2 Å². The van der Waals surface area contributed by atoms with Gasteiger partial charge in [0.05, 0.1) is 12.6 Å². The first-order valence-corrected chi connectivity index (χ1v) is 11.2. The molecule has 2 amide bonds. The zero-order chi connectivity index (χ0) is 27.4. The van der Waals surface area contributed by atoms with Gasteiger partial charge >= 0.3 is 12.5 Å². The monoisotopic (exact) mass is 531 g/mol. The number of hydrogen-bond donors (Lipinski definition) is 2. The Kier molecular flexibility index (Phi) is 8.08. The van der Waals surface area contributed by atoms with Crippen molar-refractivity contribution >= 4 is 23.6 Å². The lowest BCUT2D eigenvalue weighted by Gasteiger charge is -2.39. The normalized spacial score (nSPS) is 17.6. The SMILES string of the molecule is CC(C)(C)NC(=O)OC[C@H]1CCC(F)(F)CN1C(=O)c1cccc(Nc2cc(OC(F)(F)F)ccn2)n1. The number of aromatic nitrogens is 2. The van der Waals surface area contributed by atoms with Crippen LogP contribution in [0.25, 0.3) is 0 Å². The van der Waals surface area contributed by atoms with Crippen LogP contribution in [0.5, 0.6) is 5.75 Å². The number of rotatable bonds is 6. The summed E-state index contributed by atoms with van der Waals surface area (Å²) in [5.74, 6) is -4.51. The molecule has 202 valence electrons. The summed E-state index contributed by atoms with van der Waals surface area (Å²) < 4.78 is 74.8. The quantitative estimate of drug-likeness (QED) is 0.512. The topological polar surface area (TPSA) is 106 Å². The van der Waals surface area contributed by atoms with Gasteiger partial charge in [0.2, 0.25) is 0 Å². The smallest absolute Gasteiger partial charge is 0.447 e. The zero-order valence-corrected chi connectivity index (χ0v) is 20.2. The molecule has 3 rings (SSSR count). The van der Waals surface area contributed by atoms with Gasteiger partial charge in [-0.3, -0.25) is 4.79 Å². The van der Waals surface area contributed by atoms with Crippen molar-refractivity contribution in [3.63, 3.8) is 0 Å². The molecule has 0 unspecified atom stereocenters. The molecule has 0 spiro atoms. The van der Waals surface area contributed by atoms with Gasteiger partial charge in [-0.15, -0.1) is 13.2 Å². The van der Waals surface area contributed by atoms with E-state index in [1.54, 1.807) is 20.8 Å². The van der Waals surface area contributed by atoms with E-state index >= 15 is 0 Å². The van der Waals surface area contributed by atoms with Crippen LogP contribution in [0.15, 0.2) is 36.5 Å². The van der Waals surface area contributed by atoms with Crippen molar-refractivity contribution in [3.8, 4) is 5.75 Å². The number of nitrogens with zero attached hydrogens (tertiary/aromatic N) is 3. The molecule has 9 nitrogen and oxygen atoms in total. The number of carbonyl (C=O) groups excluding carboxylic acids is 2. The number of ether oxygens (including phenoxy) is 2. The molecule has 1 saturated heterocycles. The number of amides is 2. The van der Waals surface area contributed by atoms with Gasteiger partial charge in [0.1, 0.15) is 29.7 Å². The predicted molar refractivity (Wildman–Crippen MR) is 122 cm³/mol. The van der Waals surface area contributed by atoms with Gasteiger partial charge in [-0.05, 0) is 45.4 Å². The third-order valence-electron chi connectivity index (χ3n) is 5.02. The molecule has 0 bridgehead atoms. The van der Waals surface area contributed by atoms with E-state index in [4.69, 9.17) is 4.74 Å². The molecule has 1 aliphatic heterocycles. The molecule has 37 heavy (non-hydrogen) atoms. The van der Waals surface area contributed by atoms with Crippen molar-refractivity contribution in [1.82, 2.24) is 20.2 Å². The highest BCUT2D eigenvalue weighted by Crippen LogP contribution is 2.31. The molecule has 1 aliphatic rings. The fourth-order valence-electron chi connectivity index (χ4n) is 3.49. The number of anilines is 2. The molecule has 2 aromatic heterocycles. The van der Waals surface area contributed by atoms with Crippen LogP contribution in [-0.2, 0) is 4.74 Å². The van der Waals surface area contributed by atoms with Crippen LogP contribution < -0.4 is 15.4 Å². The van der Waals surface area contributed by atoms with Crippen LogP contribution >= 0.6 is 0 Å². The fraction of sp³-hybridized carbons (Fsp3) is 0.478. The van der Waals surface area contributed by atoms with Crippen molar-refractivity contribution in [1.29, 1.82) is 0 Å². The number of nitrogens with one attached hydrogen (secondary N) is 2. The van der Waals surface area contributed by atoms with Gasteiger partial charge in [-0.1, -0.05) is 6.07 Å². The maximum Gasteiger partial charge on any atom is 0.573 e. The maximum atomic E-state index is 14.2. The lowest BCUT2D eigenvalue weighted by atomic mass is 9.99. The van der Waals surface area contributed by atoms with E-state index in [9.17, 15) is 31.5 Å². The zero-order valence-electron chi connectivity index (χ0n) is 20.2. The van der Waals surface area contributed by atoms with Crippen molar-refractivity contribution in [2.24, 2.45) is 0 Å². The largest absolute Gasteiger partial charge is 0.573 e. The van der Waals surface area contributed by atoms with Gasteiger partial charge in [-0.25, -0.2) is 23.5 Å². The van der Waals surface area contributed by atoms with Crippen LogP contribution in [0.2, 0.25) is 0 Å². The second-order valence-corrected chi connectivity index (χ2v) is 9.41. The third-order valence-corrected chi connectivity index (χ3v) is 5.02. The molecule has 1 atom stereocenters. The fourth-order valence-corrected chi connectivity index (χ4v) is 3.49. The lowest BCUT2D eigenvalue weighted by Crippen LogP contribution is -2.54. The van der Waals surface area contributed by atoms with E-state index in [1.165, 1.54) is 18.2 Å². The number of halogens is 5. The first-order valence-electron chi connectivity index (χ1n) is 11.2. The minimum absolute atomic E-state index is 0.0311. The first-order chi connectivity index (χ1) is 17.1. The second-order valence-electron chi connectivity index (χ2n) is 9.41. The highest BCUT2D eigenvalue weighted by molar-refractivity contribution is 5.93. The number of hydrogen-bond acceptors (Lipinski definition) is 7. The Morgan fingerprint density at radius 1 is 1.16 bits per heavy atom. The van der Waals surface area contributed by atoms with Crippen LogP contribution in [0.3, 0.4) is 0 Å². The summed E-state index contributed by atoms with van der Waals surface area (Å²) in [5.41, 5.74) is -0.772. The van der Waals surface area contributed by atoms with Crippen LogP contribution in [-0.4, -0.2) is 63.9 Å². The summed E-state index contributed by atoms with van der Waals surface area (Å²) in [6, 6.07) is 5.31. The molecule has 0 aliphatic carbocycles. The molecule has 2 N–H and O–H groups in total. The number of pyridine rings is 2. The molecule has 2 aromatic rings. The van der Waals surface area contributed by atoms with E-state index in [1.807, 2.05) is 0 Å². The highest BCUT2D eigenvalue weighted by Gasteiger charge is 2.43. The minimum atomic E-state index is -4.90. The molecular weight excluding hydrogens is 505 g/mol. The van der Waals surface area contributed by atoms with Crippen LogP contribution in [0.4, 0.5) is 38.4 Å². The average molecular weight is 531 g/mol. The Morgan fingerprint density at radius 2 is 1.89 bits per heavy atom. The third kappa shape index (κ3) is 8.72. The van der Waals surface area contributed by atoms with Crippen molar-refractivity contribution in [2.45, 2.75) is 57.5 Å². The number of alkyl halides is 5. The van der Waals surface area contributed by atoms with Gasteiger partial charge in [-0.2, -0.15) is 0 Å². The molecule has 1 fully saturated rings.